The Hall–Kier alpha value is -1.38. The fourth-order valence-corrected chi connectivity index (χ4v) is 2.21. The standard InChI is InChI=1S/C15H19NO/c1-16-14(12-8-4-2-5-9-12)15(17)13-10-6-3-7-11-13/h2,4-6,8-11,14-17H,3,7H2,1H3. The molecule has 0 saturated carbocycles. The minimum absolute atomic E-state index is 0.0507. The first-order valence-corrected chi connectivity index (χ1v) is 6.10. The number of allylic oxidation sites excluding steroid dienone is 2. The lowest BCUT2D eigenvalue weighted by Gasteiger charge is -2.25. The van der Waals surface area contributed by atoms with Crippen molar-refractivity contribution in [3.63, 3.8) is 0 Å². The van der Waals surface area contributed by atoms with Crippen molar-refractivity contribution in [3.05, 3.63) is 59.7 Å². The lowest BCUT2D eigenvalue weighted by Crippen LogP contribution is -2.30. The summed E-state index contributed by atoms with van der Waals surface area (Å²) in [7, 11) is 1.88. The molecule has 2 nitrogen and oxygen atoms in total. The van der Waals surface area contributed by atoms with Crippen LogP contribution in [0.3, 0.4) is 0 Å². The zero-order valence-corrected chi connectivity index (χ0v) is 10.1. The Bertz CT molecular complexity index is 408. The van der Waals surface area contributed by atoms with Crippen LogP contribution in [0, 0.1) is 0 Å². The zero-order valence-electron chi connectivity index (χ0n) is 10.1. The largest absolute Gasteiger partial charge is 0.386 e. The summed E-state index contributed by atoms with van der Waals surface area (Å²) in [5, 5.41) is 13.6. The van der Waals surface area contributed by atoms with Gasteiger partial charge in [0.25, 0.3) is 0 Å². The van der Waals surface area contributed by atoms with E-state index < -0.39 is 6.10 Å². The Balaban J connectivity index is 2.18. The highest BCUT2D eigenvalue weighted by molar-refractivity contribution is 5.31. The highest BCUT2D eigenvalue weighted by Gasteiger charge is 2.21. The topological polar surface area (TPSA) is 32.3 Å². The minimum Gasteiger partial charge on any atom is -0.386 e. The second-order valence-corrected chi connectivity index (χ2v) is 4.31. The van der Waals surface area contributed by atoms with E-state index in [0.717, 1.165) is 24.0 Å². The number of aliphatic hydroxyl groups is 1. The molecular weight excluding hydrogens is 210 g/mol. The van der Waals surface area contributed by atoms with Crippen LogP contribution < -0.4 is 5.32 Å². The molecule has 1 aliphatic carbocycles. The number of likely N-dealkylation sites (N-methyl/N-ethyl adjacent to an activating group) is 1. The molecule has 0 radical (unpaired) electrons. The third-order valence-electron chi connectivity index (χ3n) is 3.15. The van der Waals surface area contributed by atoms with Gasteiger partial charge in [-0.3, -0.25) is 0 Å². The fraction of sp³-hybridized carbons (Fsp3) is 0.333. The summed E-state index contributed by atoms with van der Waals surface area (Å²) in [5.41, 5.74) is 2.13. The predicted octanol–water partition coefficient (Wildman–Crippen LogP) is 2.58. The van der Waals surface area contributed by atoms with Gasteiger partial charge in [0.15, 0.2) is 0 Å². The van der Waals surface area contributed by atoms with Crippen molar-refractivity contribution >= 4 is 0 Å². The highest BCUT2D eigenvalue weighted by atomic mass is 16.3. The Morgan fingerprint density at radius 2 is 1.94 bits per heavy atom. The van der Waals surface area contributed by atoms with Crippen LogP contribution in [0.15, 0.2) is 54.1 Å². The summed E-state index contributed by atoms with van der Waals surface area (Å²) < 4.78 is 0. The van der Waals surface area contributed by atoms with Crippen molar-refractivity contribution in [2.45, 2.75) is 25.0 Å². The van der Waals surface area contributed by atoms with E-state index in [1.54, 1.807) is 0 Å². The third-order valence-corrected chi connectivity index (χ3v) is 3.15. The average Bonchev–Trinajstić information content (AvgIpc) is 2.42. The molecule has 2 unspecified atom stereocenters. The van der Waals surface area contributed by atoms with Crippen molar-refractivity contribution in [2.75, 3.05) is 7.05 Å². The van der Waals surface area contributed by atoms with E-state index in [-0.39, 0.29) is 6.04 Å². The van der Waals surface area contributed by atoms with Gasteiger partial charge in [-0.25, -0.2) is 0 Å². The molecule has 0 spiro atoms. The van der Waals surface area contributed by atoms with Gasteiger partial charge in [0.1, 0.15) is 0 Å². The van der Waals surface area contributed by atoms with Gasteiger partial charge in [-0.2, -0.15) is 0 Å². The van der Waals surface area contributed by atoms with Gasteiger partial charge in [-0.05, 0) is 31.0 Å². The van der Waals surface area contributed by atoms with Gasteiger partial charge in [0, 0.05) is 0 Å². The van der Waals surface area contributed by atoms with E-state index in [9.17, 15) is 5.11 Å². The molecule has 1 aromatic carbocycles. The molecule has 2 rings (SSSR count). The summed E-state index contributed by atoms with van der Waals surface area (Å²) >= 11 is 0. The molecule has 1 aromatic rings. The number of aliphatic hydroxyl groups excluding tert-OH is 1. The number of nitrogens with one attached hydrogen (secondary N) is 1. The maximum atomic E-state index is 10.4. The third kappa shape index (κ3) is 2.84. The fourth-order valence-electron chi connectivity index (χ4n) is 2.21. The summed E-state index contributed by atoms with van der Waals surface area (Å²) in [6.45, 7) is 0. The smallest absolute Gasteiger partial charge is 0.0981 e. The van der Waals surface area contributed by atoms with Crippen molar-refractivity contribution < 1.29 is 5.11 Å². The van der Waals surface area contributed by atoms with Crippen LogP contribution in [-0.2, 0) is 0 Å². The summed E-state index contributed by atoms with van der Waals surface area (Å²) in [4.78, 5) is 0. The molecule has 90 valence electrons. The second kappa shape index (κ2) is 5.80. The molecular formula is C15H19NO. The molecule has 2 atom stereocenters. The summed E-state index contributed by atoms with van der Waals surface area (Å²) in [5.74, 6) is 0. The lowest BCUT2D eigenvalue weighted by atomic mass is 9.93. The van der Waals surface area contributed by atoms with Crippen LogP contribution in [0.1, 0.15) is 24.4 Å². The number of rotatable bonds is 4. The Labute approximate surface area is 103 Å². The molecule has 2 N–H and O–H groups in total. The molecule has 0 amide bonds. The zero-order chi connectivity index (χ0) is 12.1. The SMILES string of the molecule is CNC(c1ccccc1)C(O)C1=CCCC=C1. The minimum atomic E-state index is -0.487. The van der Waals surface area contributed by atoms with E-state index in [4.69, 9.17) is 0 Å². The van der Waals surface area contributed by atoms with Crippen molar-refractivity contribution in [1.29, 1.82) is 0 Å². The first-order chi connectivity index (χ1) is 8.33. The Morgan fingerprint density at radius 1 is 1.18 bits per heavy atom. The first-order valence-electron chi connectivity index (χ1n) is 6.10. The molecule has 0 aliphatic heterocycles. The maximum Gasteiger partial charge on any atom is 0.0981 e. The molecule has 0 bridgehead atoms. The van der Waals surface area contributed by atoms with Crippen molar-refractivity contribution in [2.24, 2.45) is 0 Å². The van der Waals surface area contributed by atoms with Crippen LogP contribution in [0.4, 0.5) is 0 Å². The normalized spacial score (nSPS) is 18.6. The quantitative estimate of drug-likeness (QED) is 0.831. The maximum absolute atomic E-state index is 10.4. The van der Waals surface area contributed by atoms with Gasteiger partial charge in [0.05, 0.1) is 12.1 Å². The first kappa shape index (κ1) is 12.1. The van der Waals surface area contributed by atoms with Crippen LogP contribution in [0.2, 0.25) is 0 Å². The van der Waals surface area contributed by atoms with Gasteiger partial charge in [0.2, 0.25) is 0 Å². The summed E-state index contributed by atoms with van der Waals surface area (Å²) in [6, 6.07) is 10.0. The molecule has 0 saturated heterocycles. The number of hydrogen-bond donors (Lipinski definition) is 2. The molecule has 0 heterocycles. The molecule has 0 aromatic heterocycles. The van der Waals surface area contributed by atoms with E-state index in [0.29, 0.717) is 0 Å². The van der Waals surface area contributed by atoms with Crippen LogP contribution >= 0.6 is 0 Å². The van der Waals surface area contributed by atoms with E-state index >= 15 is 0 Å². The molecule has 17 heavy (non-hydrogen) atoms. The monoisotopic (exact) mass is 229 g/mol. The van der Waals surface area contributed by atoms with E-state index in [1.807, 2.05) is 43.5 Å². The van der Waals surface area contributed by atoms with Gasteiger partial charge in [-0.1, -0.05) is 48.6 Å². The van der Waals surface area contributed by atoms with Crippen molar-refractivity contribution in [1.82, 2.24) is 5.32 Å². The Morgan fingerprint density at radius 3 is 2.53 bits per heavy atom. The predicted molar refractivity (Wildman–Crippen MR) is 70.7 cm³/mol. The van der Waals surface area contributed by atoms with Gasteiger partial charge < -0.3 is 10.4 Å². The average molecular weight is 229 g/mol. The van der Waals surface area contributed by atoms with Gasteiger partial charge >= 0.3 is 0 Å². The second-order valence-electron chi connectivity index (χ2n) is 4.31. The highest BCUT2D eigenvalue weighted by Crippen LogP contribution is 2.24. The molecule has 1 aliphatic rings. The van der Waals surface area contributed by atoms with Crippen LogP contribution in [0.25, 0.3) is 0 Å². The molecule has 0 fully saturated rings. The number of benzene rings is 1. The summed E-state index contributed by atoms with van der Waals surface area (Å²) in [6.07, 6.45) is 7.88. The lowest BCUT2D eigenvalue weighted by molar-refractivity contribution is 0.168. The molecule has 2 heteroatoms. The van der Waals surface area contributed by atoms with Crippen molar-refractivity contribution in [3.8, 4) is 0 Å². The number of hydrogen-bond acceptors (Lipinski definition) is 2. The van der Waals surface area contributed by atoms with Crippen LogP contribution in [0.5, 0.6) is 0 Å². The van der Waals surface area contributed by atoms with Crippen LogP contribution in [-0.4, -0.2) is 18.3 Å². The van der Waals surface area contributed by atoms with E-state index in [1.165, 1.54) is 0 Å². The Kier molecular flexibility index (Phi) is 4.13. The van der Waals surface area contributed by atoms with Gasteiger partial charge in [-0.15, -0.1) is 0 Å². The van der Waals surface area contributed by atoms with E-state index in [2.05, 4.69) is 17.5 Å².